The van der Waals surface area contributed by atoms with Crippen LogP contribution in [0.5, 0.6) is 0 Å². The lowest BCUT2D eigenvalue weighted by atomic mass is 10.1. The van der Waals surface area contributed by atoms with E-state index in [-0.39, 0.29) is 23.4 Å². The van der Waals surface area contributed by atoms with E-state index in [1.807, 2.05) is 20.8 Å². The highest BCUT2D eigenvalue weighted by Gasteiger charge is 2.36. The van der Waals surface area contributed by atoms with Crippen molar-refractivity contribution in [3.8, 4) is 0 Å². The molecule has 0 radical (unpaired) electrons. The van der Waals surface area contributed by atoms with Gasteiger partial charge >= 0.3 is 0 Å². The predicted octanol–water partition coefficient (Wildman–Crippen LogP) is 1.40. The van der Waals surface area contributed by atoms with E-state index in [2.05, 4.69) is 5.32 Å². The fourth-order valence-corrected chi connectivity index (χ4v) is 2.42. The van der Waals surface area contributed by atoms with Crippen molar-refractivity contribution in [2.75, 3.05) is 12.3 Å². The van der Waals surface area contributed by atoms with E-state index in [9.17, 15) is 9.59 Å². The molecule has 2 amide bonds. The summed E-state index contributed by atoms with van der Waals surface area (Å²) >= 11 is 0. The van der Waals surface area contributed by atoms with E-state index in [0.717, 1.165) is 0 Å². The summed E-state index contributed by atoms with van der Waals surface area (Å²) in [6, 6.07) is 6.77. The third kappa shape index (κ3) is 2.92. The van der Waals surface area contributed by atoms with Gasteiger partial charge in [0.2, 0.25) is 5.91 Å². The SMILES string of the molecule is CC(C)(C)N1CC(NC(=O)c2ccccc2N)CC1=O. The molecule has 0 aromatic heterocycles. The number of hydrogen-bond donors (Lipinski definition) is 2. The monoisotopic (exact) mass is 275 g/mol. The molecule has 0 bridgehead atoms. The molecule has 2 rings (SSSR count). The molecule has 0 spiro atoms. The number of nitrogens with two attached hydrogens (primary N) is 1. The first kappa shape index (κ1) is 14.4. The van der Waals surface area contributed by atoms with Gasteiger partial charge in [0.25, 0.3) is 5.91 Å². The average molecular weight is 275 g/mol. The Kier molecular flexibility index (Phi) is 3.70. The van der Waals surface area contributed by atoms with Gasteiger partial charge in [-0.1, -0.05) is 12.1 Å². The van der Waals surface area contributed by atoms with Gasteiger partial charge in [-0.15, -0.1) is 0 Å². The van der Waals surface area contributed by atoms with Gasteiger partial charge in [-0.3, -0.25) is 9.59 Å². The molecule has 1 aliphatic rings. The van der Waals surface area contributed by atoms with Crippen molar-refractivity contribution >= 4 is 17.5 Å². The molecule has 1 aliphatic heterocycles. The molecule has 1 aromatic rings. The Balaban J connectivity index is 2.04. The molecule has 1 saturated heterocycles. The van der Waals surface area contributed by atoms with E-state index in [1.165, 1.54) is 0 Å². The van der Waals surface area contributed by atoms with Gasteiger partial charge in [0.05, 0.1) is 11.6 Å². The smallest absolute Gasteiger partial charge is 0.253 e. The number of carbonyl (C=O) groups is 2. The summed E-state index contributed by atoms with van der Waals surface area (Å²) < 4.78 is 0. The average Bonchev–Trinajstić information content (AvgIpc) is 2.70. The maximum atomic E-state index is 12.2. The lowest BCUT2D eigenvalue weighted by molar-refractivity contribution is -0.131. The summed E-state index contributed by atoms with van der Waals surface area (Å²) in [5.74, 6) is -0.152. The number of para-hydroxylation sites is 1. The van der Waals surface area contributed by atoms with Crippen molar-refractivity contribution in [1.29, 1.82) is 0 Å². The molecule has 5 nitrogen and oxygen atoms in total. The van der Waals surface area contributed by atoms with Crippen molar-refractivity contribution in [3.63, 3.8) is 0 Å². The van der Waals surface area contributed by atoms with E-state index in [4.69, 9.17) is 5.73 Å². The Morgan fingerprint density at radius 3 is 2.55 bits per heavy atom. The molecule has 1 unspecified atom stereocenters. The standard InChI is InChI=1S/C15H21N3O2/c1-15(2,3)18-9-10(8-13(18)19)17-14(20)11-6-4-5-7-12(11)16/h4-7,10H,8-9,16H2,1-3H3,(H,17,20). The number of hydrogen-bond acceptors (Lipinski definition) is 3. The number of carbonyl (C=O) groups excluding carboxylic acids is 2. The summed E-state index contributed by atoms with van der Waals surface area (Å²) in [7, 11) is 0. The Morgan fingerprint density at radius 2 is 2.00 bits per heavy atom. The highest BCUT2D eigenvalue weighted by molar-refractivity contribution is 5.99. The maximum absolute atomic E-state index is 12.2. The number of benzene rings is 1. The minimum Gasteiger partial charge on any atom is -0.398 e. The predicted molar refractivity (Wildman–Crippen MR) is 78.2 cm³/mol. The van der Waals surface area contributed by atoms with Crippen molar-refractivity contribution in [2.45, 2.75) is 38.8 Å². The Labute approximate surface area is 119 Å². The quantitative estimate of drug-likeness (QED) is 0.801. The van der Waals surface area contributed by atoms with Gasteiger partial charge in [0, 0.05) is 24.2 Å². The molecule has 0 saturated carbocycles. The zero-order chi connectivity index (χ0) is 14.9. The molecule has 1 heterocycles. The van der Waals surface area contributed by atoms with Crippen LogP contribution < -0.4 is 11.1 Å². The minimum absolute atomic E-state index is 0.0730. The highest BCUT2D eigenvalue weighted by atomic mass is 16.2. The summed E-state index contributed by atoms with van der Waals surface area (Å²) in [4.78, 5) is 25.9. The normalized spacial score (nSPS) is 19.2. The minimum atomic E-state index is -0.225. The molecular formula is C15H21N3O2. The second-order valence-corrected chi connectivity index (χ2v) is 6.14. The number of amides is 2. The van der Waals surface area contributed by atoms with Gasteiger partial charge in [0.1, 0.15) is 0 Å². The van der Waals surface area contributed by atoms with Gasteiger partial charge in [-0.2, -0.15) is 0 Å². The van der Waals surface area contributed by atoms with Crippen LogP contribution >= 0.6 is 0 Å². The number of anilines is 1. The van der Waals surface area contributed by atoms with E-state index in [0.29, 0.717) is 24.2 Å². The molecule has 5 heteroatoms. The molecule has 1 atom stereocenters. The van der Waals surface area contributed by atoms with E-state index >= 15 is 0 Å². The molecular weight excluding hydrogens is 254 g/mol. The zero-order valence-corrected chi connectivity index (χ0v) is 12.1. The van der Waals surface area contributed by atoms with Crippen LogP contribution in [-0.2, 0) is 4.79 Å². The van der Waals surface area contributed by atoms with Gasteiger partial charge in [-0.25, -0.2) is 0 Å². The van der Waals surface area contributed by atoms with Crippen molar-refractivity contribution in [2.24, 2.45) is 0 Å². The van der Waals surface area contributed by atoms with Crippen LogP contribution in [-0.4, -0.2) is 34.8 Å². The van der Waals surface area contributed by atoms with Crippen LogP contribution in [0.1, 0.15) is 37.6 Å². The third-order valence-electron chi connectivity index (χ3n) is 3.48. The molecule has 20 heavy (non-hydrogen) atoms. The highest BCUT2D eigenvalue weighted by Crippen LogP contribution is 2.22. The van der Waals surface area contributed by atoms with Crippen LogP contribution in [0.3, 0.4) is 0 Å². The molecule has 1 fully saturated rings. The number of likely N-dealkylation sites (tertiary alicyclic amines) is 1. The zero-order valence-electron chi connectivity index (χ0n) is 12.1. The van der Waals surface area contributed by atoms with Gasteiger partial charge < -0.3 is 16.0 Å². The summed E-state index contributed by atoms with van der Waals surface area (Å²) in [5, 5.41) is 2.89. The maximum Gasteiger partial charge on any atom is 0.253 e. The van der Waals surface area contributed by atoms with Crippen LogP contribution in [0.25, 0.3) is 0 Å². The summed E-state index contributed by atoms with van der Waals surface area (Å²) in [6.07, 6.45) is 0.343. The number of rotatable bonds is 2. The number of nitrogen functional groups attached to an aromatic ring is 1. The largest absolute Gasteiger partial charge is 0.398 e. The first-order chi connectivity index (χ1) is 9.29. The van der Waals surface area contributed by atoms with Crippen LogP contribution in [0.15, 0.2) is 24.3 Å². The topological polar surface area (TPSA) is 75.4 Å². The van der Waals surface area contributed by atoms with Crippen LogP contribution in [0.4, 0.5) is 5.69 Å². The van der Waals surface area contributed by atoms with Crippen LogP contribution in [0, 0.1) is 0 Å². The first-order valence-electron chi connectivity index (χ1n) is 6.75. The lowest BCUT2D eigenvalue weighted by Crippen LogP contribution is -2.44. The Bertz CT molecular complexity index is 534. The van der Waals surface area contributed by atoms with Gasteiger partial charge in [0.15, 0.2) is 0 Å². The van der Waals surface area contributed by atoms with E-state index in [1.54, 1.807) is 29.2 Å². The fraction of sp³-hybridized carbons (Fsp3) is 0.467. The lowest BCUT2D eigenvalue weighted by Gasteiger charge is -2.32. The van der Waals surface area contributed by atoms with Gasteiger partial charge in [-0.05, 0) is 32.9 Å². The molecule has 108 valence electrons. The van der Waals surface area contributed by atoms with Crippen LogP contribution in [0.2, 0.25) is 0 Å². The Hall–Kier alpha value is -2.04. The number of nitrogens with one attached hydrogen (secondary N) is 1. The third-order valence-corrected chi connectivity index (χ3v) is 3.48. The summed E-state index contributed by atoms with van der Waals surface area (Å²) in [5.41, 5.74) is 6.46. The second kappa shape index (κ2) is 5.15. The second-order valence-electron chi connectivity index (χ2n) is 6.14. The van der Waals surface area contributed by atoms with Crippen molar-refractivity contribution < 1.29 is 9.59 Å². The Morgan fingerprint density at radius 1 is 1.35 bits per heavy atom. The number of nitrogens with zero attached hydrogens (tertiary/aromatic N) is 1. The summed E-state index contributed by atoms with van der Waals surface area (Å²) in [6.45, 7) is 6.51. The van der Waals surface area contributed by atoms with Crippen molar-refractivity contribution in [3.05, 3.63) is 29.8 Å². The molecule has 3 N–H and O–H groups in total. The van der Waals surface area contributed by atoms with E-state index < -0.39 is 0 Å². The first-order valence-corrected chi connectivity index (χ1v) is 6.75. The molecule has 1 aromatic carbocycles. The fourth-order valence-electron chi connectivity index (χ4n) is 2.42. The molecule has 0 aliphatic carbocycles. The van der Waals surface area contributed by atoms with Crippen molar-refractivity contribution in [1.82, 2.24) is 10.2 Å².